The molecule has 1 rings (SSSR count). The molecule has 1 heterocycles. The summed E-state index contributed by atoms with van der Waals surface area (Å²) in [6.07, 6.45) is 0. The fourth-order valence-electron chi connectivity index (χ4n) is 0.0497. The van der Waals surface area contributed by atoms with E-state index in [1.807, 2.05) is 0 Å². The molecular weight excluding hydrogens is 86.0 g/mol. The predicted octanol–water partition coefficient (Wildman–Crippen LogP) is 0.950. The maximum absolute atomic E-state index is 2.70. The fourth-order valence-corrected chi connectivity index (χ4v) is 0.447. The van der Waals surface area contributed by atoms with Crippen molar-refractivity contribution < 1.29 is 0 Å². The molecule has 0 aromatic rings. The Morgan fingerprint density at radius 3 is 2.25 bits per heavy atom. The molecule has 1 aliphatic rings. The SMILES string of the molecule is PC1C=P1. The summed E-state index contributed by atoms with van der Waals surface area (Å²) >= 11 is 0. The lowest BCUT2D eigenvalue weighted by atomic mass is 11.0. The van der Waals surface area contributed by atoms with Crippen molar-refractivity contribution in [3.8, 4) is 0 Å². The molecule has 0 saturated carbocycles. The largest absolute Gasteiger partial charge is 0.121 e. The lowest BCUT2D eigenvalue weighted by Crippen LogP contribution is -1.52. The van der Waals surface area contributed by atoms with Gasteiger partial charge in [0.25, 0.3) is 0 Å². The van der Waals surface area contributed by atoms with Crippen LogP contribution in [-0.4, -0.2) is 11.2 Å². The van der Waals surface area contributed by atoms with E-state index in [1.165, 1.54) is 8.20 Å². The zero-order valence-electron chi connectivity index (χ0n) is 2.18. The van der Waals surface area contributed by atoms with E-state index in [0.717, 1.165) is 5.40 Å². The monoisotopic (exact) mass is 90.0 g/mol. The summed E-state index contributed by atoms with van der Waals surface area (Å²) in [5.74, 6) is 2.23. The van der Waals surface area contributed by atoms with E-state index in [0.29, 0.717) is 0 Å². The van der Waals surface area contributed by atoms with Crippen molar-refractivity contribution >= 4 is 23.2 Å². The summed E-state index contributed by atoms with van der Waals surface area (Å²) in [7, 11) is 4.20. The van der Waals surface area contributed by atoms with E-state index in [1.54, 1.807) is 0 Å². The van der Waals surface area contributed by atoms with Crippen molar-refractivity contribution in [3.05, 3.63) is 0 Å². The smallest absolute Gasteiger partial charge is 0.0370 e. The first-order valence-electron chi connectivity index (χ1n) is 1.18. The van der Waals surface area contributed by atoms with Gasteiger partial charge >= 0.3 is 0 Å². The first kappa shape index (κ1) is 2.82. The molecule has 0 aliphatic carbocycles. The Morgan fingerprint density at radius 1 is 2.00 bits per heavy atom. The third-order valence-corrected chi connectivity index (χ3v) is 2.00. The normalized spacial score (nSPS) is 39.8. The van der Waals surface area contributed by atoms with E-state index in [9.17, 15) is 0 Å². The molecule has 0 aromatic carbocycles. The van der Waals surface area contributed by atoms with Gasteiger partial charge in [-0.2, -0.15) is 0 Å². The van der Waals surface area contributed by atoms with Crippen molar-refractivity contribution in [2.75, 3.05) is 0 Å². The maximum atomic E-state index is 2.70. The summed E-state index contributed by atoms with van der Waals surface area (Å²) in [4.78, 5) is 0. The zero-order valence-corrected chi connectivity index (χ0v) is 4.23. The van der Waals surface area contributed by atoms with Crippen LogP contribution in [-0.2, 0) is 0 Å². The second-order valence-corrected chi connectivity index (χ2v) is 3.26. The quantitative estimate of drug-likeness (QED) is 0.388. The van der Waals surface area contributed by atoms with Crippen LogP contribution in [0.4, 0.5) is 0 Å². The van der Waals surface area contributed by atoms with Crippen molar-refractivity contribution in [1.82, 2.24) is 0 Å². The van der Waals surface area contributed by atoms with Crippen LogP contribution >= 0.6 is 17.4 Å². The molecule has 0 amide bonds. The standard InChI is InChI=1S/C2H4P2/c3-2-1-4-2/h1-2H,3H2. The third-order valence-electron chi connectivity index (χ3n) is 0.321. The van der Waals surface area contributed by atoms with Crippen molar-refractivity contribution in [1.29, 1.82) is 0 Å². The van der Waals surface area contributed by atoms with Crippen LogP contribution in [0.3, 0.4) is 0 Å². The minimum absolute atomic E-state index is 0.847. The van der Waals surface area contributed by atoms with E-state index >= 15 is 0 Å². The van der Waals surface area contributed by atoms with Gasteiger partial charge < -0.3 is 0 Å². The van der Waals surface area contributed by atoms with Gasteiger partial charge in [0.2, 0.25) is 0 Å². The molecule has 2 heteroatoms. The average Bonchev–Trinajstić information content (AvgIpc) is 1.75. The Kier molecular flexibility index (Phi) is 0.547. The second kappa shape index (κ2) is 0.776. The Morgan fingerprint density at radius 2 is 2.25 bits per heavy atom. The van der Waals surface area contributed by atoms with Gasteiger partial charge in [-0.1, -0.05) is 8.20 Å². The highest BCUT2D eigenvalue weighted by molar-refractivity contribution is 7.63. The van der Waals surface area contributed by atoms with Gasteiger partial charge in [0.15, 0.2) is 0 Å². The van der Waals surface area contributed by atoms with Crippen LogP contribution < -0.4 is 0 Å². The zero-order chi connectivity index (χ0) is 2.99. The highest BCUT2D eigenvalue weighted by Crippen LogP contribution is 2.26. The molecule has 2 atom stereocenters. The van der Waals surface area contributed by atoms with Crippen molar-refractivity contribution in [2.45, 2.75) is 5.40 Å². The number of hydrogen-bond acceptors (Lipinski definition) is 0. The average molecular weight is 90.0 g/mol. The molecule has 0 saturated heterocycles. The Hall–Kier alpha value is 0.600. The van der Waals surface area contributed by atoms with Crippen LogP contribution in [0.25, 0.3) is 0 Å². The minimum atomic E-state index is 0.847. The first-order valence-corrected chi connectivity index (χ1v) is 2.88. The summed E-state index contributed by atoms with van der Waals surface area (Å²) in [5.41, 5.74) is 0. The molecule has 0 bridgehead atoms. The fraction of sp³-hybridized carbons (Fsp3) is 0.500. The van der Waals surface area contributed by atoms with E-state index in [2.05, 4.69) is 15.0 Å². The molecule has 0 N–H and O–H groups in total. The molecule has 0 aromatic heterocycles. The Bertz CT molecular complexity index is 42.0. The van der Waals surface area contributed by atoms with Crippen LogP contribution in [0.1, 0.15) is 0 Å². The second-order valence-electron chi connectivity index (χ2n) is 0.789. The number of rotatable bonds is 0. The maximum Gasteiger partial charge on any atom is 0.0370 e. The van der Waals surface area contributed by atoms with Gasteiger partial charge in [-0.05, 0) is 5.80 Å². The van der Waals surface area contributed by atoms with Gasteiger partial charge in [-0.25, -0.2) is 0 Å². The van der Waals surface area contributed by atoms with Gasteiger partial charge in [-0.15, -0.1) is 9.24 Å². The Balaban J connectivity index is 2.32. The molecule has 0 fully saturated rings. The molecule has 4 heavy (non-hydrogen) atoms. The van der Waals surface area contributed by atoms with Crippen molar-refractivity contribution in [3.63, 3.8) is 0 Å². The lowest BCUT2D eigenvalue weighted by Gasteiger charge is -1.56. The number of hydrogen-bond donors (Lipinski definition) is 0. The van der Waals surface area contributed by atoms with Crippen LogP contribution in [0.2, 0.25) is 0 Å². The topological polar surface area (TPSA) is 0 Å². The lowest BCUT2D eigenvalue weighted by molar-refractivity contribution is 2.06. The molecule has 2 unspecified atom stereocenters. The minimum Gasteiger partial charge on any atom is -0.121 e. The van der Waals surface area contributed by atoms with Crippen molar-refractivity contribution in [2.24, 2.45) is 0 Å². The van der Waals surface area contributed by atoms with E-state index in [-0.39, 0.29) is 0 Å². The van der Waals surface area contributed by atoms with Crippen LogP contribution in [0.5, 0.6) is 0 Å². The Labute approximate surface area is 29.6 Å². The summed E-state index contributed by atoms with van der Waals surface area (Å²) < 4.78 is 0. The summed E-state index contributed by atoms with van der Waals surface area (Å²) in [6, 6.07) is 0. The highest BCUT2D eigenvalue weighted by Gasteiger charge is 1.99. The first-order chi connectivity index (χ1) is 1.89. The van der Waals surface area contributed by atoms with E-state index < -0.39 is 0 Å². The molecule has 0 nitrogen and oxygen atoms in total. The van der Waals surface area contributed by atoms with Gasteiger partial charge in [-0.3, -0.25) is 0 Å². The third kappa shape index (κ3) is 0.514. The van der Waals surface area contributed by atoms with Gasteiger partial charge in [0.1, 0.15) is 0 Å². The summed E-state index contributed by atoms with van der Waals surface area (Å²) in [6.45, 7) is 0. The highest BCUT2D eigenvalue weighted by atomic mass is 31.1. The summed E-state index contributed by atoms with van der Waals surface area (Å²) in [5, 5.41) is 0.847. The molecule has 0 radical (unpaired) electrons. The molecule has 1 aliphatic heterocycles. The van der Waals surface area contributed by atoms with Crippen LogP contribution in [0, 0.1) is 0 Å². The van der Waals surface area contributed by atoms with E-state index in [4.69, 9.17) is 0 Å². The van der Waals surface area contributed by atoms with Gasteiger partial charge in [0.05, 0.1) is 0 Å². The van der Waals surface area contributed by atoms with Crippen LogP contribution in [0.15, 0.2) is 0 Å². The predicted molar refractivity (Wildman–Crippen MR) is 26.5 cm³/mol. The molecular formula is C2H4P2. The molecule has 22 valence electrons. The van der Waals surface area contributed by atoms with Gasteiger partial charge in [0, 0.05) is 5.40 Å². The molecule has 0 spiro atoms.